The summed E-state index contributed by atoms with van der Waals surface area (Å²) in [5, 5.41) is 0. The fourth-order valence-electron chi connectivity index (χ4n) is 1.56. The van der Waals surface area contributed by atoms with Crippen LogP contribution in [-0.4, -0.2) is 12.0 Å². The second kappa shape index (κ2) is 10.3. The molecule has 1 atom stereocenters. The second-order valence-electron chi connectivity index (χ2n) is 4.21. The van der Waals surface area contributed by atoms with Gasteiger partial charge in [0.05, 0.1) is 6.61 Å². The van der Waals surface area contributed by atoms with Gasteiger partial charge in [-0.05, 0) is 12.3 Å². The maximum Gasteiger partial charge on any atom is 0.403 e. The molecule has 0 aromatic heterocycles. The molecule has 0 rings (SSSR count). The lowest BCUT2D eigenvalue weighted by Gasteiger charge is -2.09. The Morgan fingerprint density at radius 1 is 1.20 bits per heavy atom. The van der Waals surface area contributed by atoms with E-state index in [-0.39, 0.29) is 0 Å². The number of hydrogen-bond donors (Lipinski definition) is 0. The predicted molar refractivity (Wildman–Crippen MR) is 64.4 cm³/mol. The maximum absolute atomic E-state index is 10.3. The second-order valence-corrected chi connectivity index (χ2v) is 4.52. The van der Waals surface area contributed by atoms with Crippen LogP contribution in [-0.2, 0) is 4.74 Å². The Bertz CT molecular complexity index is 160. The first-order valence-corrected chi connectivity index (χ1v) is 6.36. The van der Waals surface area contributed by atoms with Crippen LogP contribution >= 0.6 is 11.6 Å². The average molecular weight is 235 g/mol. The van der Waals surface area contributed by atoms with Crippen LogP contribution < -0.4 is 0 Å². The average Bonchev–Trinajstić information content (AvgIpc) is 2.20. The van der Waals surface area contributed by atoms with Gasteiger partial charge in [-0.15, -0.1) is 0 Å². The molecule has 0 aliphatic carbocycles. The molecule has 0 fully saturated rings. The van der Waals surface area contributed by atoms with Crippen molar-refractivity contribution in [1.29, 1.82) is 0 Å². The number of unbranched alkanes of at least 4 members (excludes halogenated alkanes) is 5. The van der Waals surface area contributed by atoms with Crippen molar-refractivity contribution in [3.63, 3.8) is 0 Å². The summed E-state index contributed by atoms with van der Waals surface area (Å²) in [6.07, 6.45) is 8.96. The fourth-order valence-corrected chi connectivity index (χ4v) is 1.63. The van der Waals surface area contributed by atoms with E-state index in [1.54, 1.807) is 0 Å². The Balaban J connectivity index is 3.16. The highest BCUT2D eigenvalue weighted by Crippen LogP contribution is 2.12. The molecule has 90 valence electrons. The van der Waals surface area contributed by atoms with Crippen LogP contribution in [0, 0.1) is 5.92 Å². The van der Waals surface area contributed by atoms with Crippen LogP contribution in [0.4, 0.5) is 4.79 Å². The molecular formula is C12H23ClO2. The highest BCUT2D eigenvalue weighted by molar-refractivity contribution is 6.61. The number of halogens is 1. The van der Waals surface area contributed by atoms with Crippen LogP contribution in [0.3, 0.4) is 0 Å². The molecule has 0 saturated heterocycles. The van der Waals surface area contributed by atoms with Crippen molar-refractivity contribution >= 4 is 17.0 Å². The van der Waals surface area contributed by atoms with E-state index in [9.17, 15) is 4.79 Å². The van der Waals surface area contributed by atoms with Gasteiger partial charge in [-0.25, -0.2) is 4.79 Å². The third kappa shape index (κ3) is 11.7. The first-order valence-electron chi connectivity index (χ1n) is 5.99. The lowest BCUT2D eigenvalue weighted by atomic mass is 10.0. The van der Waals surface area contributed by atoms with E-state index >= 15 is 0 Å². The lowest BCUT2D eigenvalue weighted by molar-refractivity contribution is 0.152. The van der Waals surface area contributed by atoms with Gasteiger partial charge < -0.3 is 4.74 Å². The minimum Gasteiger partial charge on any atom is -0.453 e. The van der Waals surface area contributed by atoms with Gasteiger partial charge in [-0.1, -0.05) is 52.4 Å². The predicted octanol–water partition coefficient (Wildman–Crippen LogP) is 4.75. The number of rotatable bonds is 9. The van der Waals surface area contributed by atoms with E-state index in [0.29, 0.717) is 12.5 Å². The maximum atomic E-state index is 10.3. The van der Waals surface area contributed by atoms with Crippen LogP contribution in [0.15, 0.2) is 0 Å². The summed E-state index contributed by atoms with van der Waals surface area (Å²) in [6.45, 7) is 4.77. The van der Waals surface area contributed by atoms with E-state index in [1.807, 2.05) is 0 Å². The first kappa shape index (κ1) is 14.8. The Hall–Kier alpha value is -0.240. The van der Waals surface area contributed by atoms with Crippen molar-refractivity contribution in [2.24, 2.45) is 5.92 Å². The third-order valence-corrected chi connectivity index (χ3v) is 2.64. The van der Waals surface area contributed by atoms with Gasteiger partial charge >= 0.3 is 5.43 Å². The largest absolute Gasteiger partial charge is 0.453 e. The summed E-state index contributed by atoms with van der Waals surface area (Å²) in [5.41, 5.74) is -0.690. The molecule has 0 aromatic carbocycles. The molecule has 15 heavy (non-hydrogen) atoms. The summed E-state index contributed by atoms with van der Waals surface area (Å²) < 4.78 is 4.73. The van der Waals surface area contributed by atoms with Crippen molar-refractivity contribution in [3.8, 4) is 0 Å². The van der Waals surface area contributed by atoms with Gasteiger partial charge in [-0.2, -0.15) is 0 Å². The SMILES string of the molecule is CCCCCCCCC(C)COC(=O)Cl. The van der Waals surface area contributed by atoms with Gasteiger partial charge in [0.1, 0.15) is 0 Å². The molecule has 0 radical (unpaired) electrons. The number of carbonyl (C=O) groups excluding carboxylic acids is 1. The lowest BCUT2D eigenvalue weighted by Crippen LogP contribution is -2.07. The van der Waals surface area contributed by atoms with Gasteiger partial charge in [0.2, 0.25) is 0 Å². The molecule has 0 aromatic rings. The van der Waals surface area contributed by atoms with E-state index in [4.69, 9.17) is 16.3 Å². The number of ether oxygens (including phenoxy) is 1. The van der Waals surface area contributed by atoms with Gasteiger partial charge in [0.15, 0.2) is 0 Å². The summed E-state index contributed by atoms with van der Waals surface area (Å²) >= 11 is 5.08. The minimum absolute atomic E-state index is 0.430. The molecule has 0 aliphatic heterocycles. The molecule has 2 nitrogen and oxygen atoms in total. The van der Waals surface area contributed by atoms with Crippen molar-refractivity contribution in [1.82, 2.24) is 0 Å². The Labute approximate surface area is 98.3 Å². The van der Waals surface area contributed by atoms with Crippen LogP contribution in [0.5, 0.6) is 0 Å². The van der Waals surface area contributed by atoms with E-state index in [1.165, 1.54) is 38.5 Å². The number of hydrogen-bond acceptors (Lipinski definition) is 2. The summed E-state index contributed by atoms with van der Waals surface area (Å²) in [4.78, 5) is 10.3. The van der Waals surface area contributed by atoms with Gasteiger partial charge in [0.25, 0.3) is 0 Å². The zero-order valence-corrected chi connectivity index (χ0v) is 10.7. The summed E-state index contributed by atoms with van der Waals surface area (Å²) in [5.74, 6) is 0.430. The normalized spacial score (nSPS) is 12.5. The van der Waals surface area contributed by atoms with Gasteiger partial charge in [-0.3, -0.25) is 0 Å². The van der Waals surface area contributed by atoms with Crippen molar-refractivity contribution < 1.29 is 9.53 Å². The molecule has 1 unspecified atom stereocenters. The Morgan fingerprint density at radius 3 is 2.40 bits per heavy atom. The Morgan fingerprint density at radius 2 is 1.80 bits per heavy atom. The van der Waals surface area contributed by atoms with Gasteiger partial charge in [0, 0.05) is 11.6 Å². The zero-order valence-electron chi connectivity index (χ0n) is 9.93. The van der Waals surface area contributed by atoms with Crippen LogP contribution in [0.2, 0.25) is 0 Å². The quantitative estimate of drug-likeness (QED) is 0.425. The molecule has 0 N–H and O–H groups in total. The van der Waals surface area contributed by atoms with Crippen molar-refractivity contribution in [3.05, 3.63) is 0 Å². The van der Waals surface area contributed by atoms with Crippen molar-refractivity contribution in [2.45, 2.75) is 58.8 Å². The zero-order chi connectivity index (χ0) is 11.5. The van der Waals surface area contributed by atoms with Crippen LogP contribution in [0.1, 0.15) is 58.8 Å². The fraction of sp³-hybridized carbons (Fsp3) is 0.917. The summed E-state index contributed by atoms with van der Waals surface area (Å²) in [7, 11) is 0. The Kier molecular flexibility index (Phi) is 10.1. The minimum atomic E-state index is -0.690. The molecule has 0 bridgehead atoms. The molecule has 0 amide bonds. The first-order chi connectivity index (χ1) is 7.16. The highest BCUT2D eigenvalue weighted by atomic mass is 35.5. The summed E-state index contributed by atoms with van der Waals surface area (Å²) in [6, 6.07) is 0. The van der Waals surface area contributed by atoms with E-state index in [2.05, 4.69) is 13.8 Å². The smallest absolute Gasteiger partial charge is 0.403 e. The molecule has 0 spiro atoms. The van der Waals surface area contributed by atoms with Crippen molar-refractivity contribution in [2.75, 3.05) is 6.61 Å². The molecule has 0 heterocycles. The monoisotopic (exact) mass is 234 g/mol. The highest BCUT2D eigenvalue weighted by Gasteiger charge is 2.04. The topological polar surface area (TPSA) is 26.3 Å². The third-order valence-electron chi connectivity index (χ3n) is 2.53. The molecule has 3 heteroatoms. The van der Waals surface area contributed by atoms with E-state index in [0.717, 1.165) is 6.42 Å². The molecule has 0 saturated carbocycles. The standard InChI is InChI=1S/C12H23ClO2/c1-3-4-5-6-7-8-9-11(2)10-15-12(13)14/h11H,3-10H2,1-2H3. The molecular weight excluding hydrogens is 212 g/mol. The van der Waals surface area contributed by atoms with E-state index < -0.39 is 5.43 Å². The number of carbonyl (C=O) groups is 1. The molecule has 0 aliphatic rings. The van der Waals surface area contributed by atoms with Crippen LogP contribution in [0.25, 0.3) is 0 Å².